The first-order valence-electron chi connectivity index (χ1n) is 9.66. The third-order valence-corrected chi connectivity index (χ3v) is 7.17. The van der Waals surface area contributed by atoms with Crippen LogP contribution in [0.3, 0.4) is 0 Å². The quantitative estimate of drug-likeness (QED) is 0.434. The van der Waals surface area contributed by atoms with E-state index in [1.54, 1.807) is 29.5 Å². The van der Waals surface area contributed by atoms with Crippen molar-refractivity contribution in [1.82, 2.24) is 14.3 Å². The van der Waals surface area contributed by atoms with Crippen LogP contribution in [0.5, 0.6) is 5.75 Å². The van der Waals surface area contributed by atoms with Gasteiger partial charge in [0.2, 0.25) is 10.0 Å². The number of para-hydroxylation sites is 1. The van der Waals surface area contributed by atoms with E-state index in [0.29, 0.717) is 29.7 Å². The predicted octanol–water partition coefficient (Wildman–Crippen LogP) is 4.75. The molecule has 0 saturated heterocycles. The average molecular weight is 455 g/mol. The van der Waals surface area contributed by atoms with Gasteiger partial charge in [-0.05, 0) is 48.7 Å². The normalized spacial score (nSPS) is 11.7. The van der Waals surface area contributed by atoms with Gasteiger partial charge in [-0.2, -0.15) is 11.3 Å². The van der Waals surface area contributed by atoms with Crippen molar-refractivity contribution in [3.63, 3.8) is 0 Å². The number of anilines is 2. The Balaban J connectivity index is 1.82. The van der Waals surface area contributed by atoms with Gasteiger partial charge in [-0.3, -0.25) is 0 Å². The second-order valence-corrected chi connectivity index (χ2v) is 9.83. The van der Waals surface area contributed by atoms with Gasteiger partial charge in [-0.15, -0.1) is 0 Å². The summed E-state index contributed by atoms with van der Waals surface area (Å²) in [5.74, 6) is 1.52. The maximum absolute atomic E-state index is 12.8. The number of nitrogens with one attached hydrogen (secondary N) is 1. The smallest absolute Gasteiger partial charge is 0.246 e. The second kappa shape index (κ2) is 8.62. The maximum Gasteiger partial charge on any atom is 0.246 e. The van der Waals surface area contributed by atoms with E-state index in [1.165, 1.54) is 18.4 Å². The van der Waals surface area contributed by atoms with Crippen LogP contribution in [0.1, 0.15) is 6.92 Å². The third kappa shape index (κ3) is 4.25. The monoisotopic (exact) mass is 454 g/mol. The molecular weight excluding hydrogens is 432 g/mol. The van der Waals surface area contributed by atoms with Crippen molar-refractivity contribution >= 4 is 43.8 Å². The highest BCUT2D eigenvalue weighted by Gasteiger charge is 2.23. The Bertz CT molecular complexity index is 1320. The molecule has 0 radical (unpaired) electrons. The molecule has 4 aromatic rings. The highest BCUT2D eigenvalue weighted by molar-refractivity contribution is 7.89. The van der Waals surface area contributed by atoms with Crippen molar-refractivity contribution in [2.75, 3.05) is 26.0 Å². The summed E-state index contributed by atoms with van der Waals surface area (Å²) < 4.78 is 32.4. The van der Waals surface area contributed by atoms with E-state index in [2.05, 4.69) is 10.3 Å². The van der Waals surface area contributed by atoms with E-state index in [1.807, 2.05) is 48.0 Å². The van der Waals surface area contributed by atoms with E-state index < -0.39 is 10.0 Å². The van der Waals surface area contributed by atoms with Gasteiger partial charge in [0.1, 0.15) is 16.5 Å². The van der Waals surface area contributed by atoms with Crippen LogP contribution in [-0.2, 0) is 10.0 Å². The number of rotatable bonds is 7. The molecule has 0 bridgehead atoms. The molecule has 160 valence electrons. The zero-order valence-electron chi connectivity index (χ0n) is 17.4. The number of nitrogens with zero attached hydrogens (tertiary/aromatic N) is 3. The molecule has 0 aliphatic rings. The lowest BCUT2D eigenvalue weighted by Crippen LogP contribution is -2.23. The number of hydrogen-bond acceptors (Lipinski definition) is 7. The summed E-state index contributed by atoms with van der Waals surface area (Å²) in [5.41, 5.74) is 2.32. The lowest BCUT2D eigenvalue weighted by atomic mass is 10.2. The average Bonchev–Trinajstić information content (AvgIpc) is 3.30. The van der Waals surface area contributed by atoms with E-state index >= 15 is 0 Å². The molecule has 0 aliphatic heterocycles. The van der Waals surface area contributed by atoms with Gasteiger partial charge in [0, 0.05) is 36.1 Å². The molecule has 2 aromatic heterocycles. The Hall–Kier alpha value is -3.01. The molecule has 0 atom stereocenters. The van der Waals surface area contributed by atoms with Crippen LogP contribution in [0, 0.1) is 0 Å². The minimum Gasteiger partial charge on any atom is -0.492 e. The number of hydrogen-bond donors (Lipinski definition) is 1. The molecule has 7 nitrogen and oxygen atoms in total. The van der Waals surface area contributed by atoms with Gasteiger partial charge in [-0.25, -0.2) is 22.7 Å². The molecule has 0 saturated carbocycles. The molecule has 4 rings (SSSR count). The van der Waals surface area contributed by atoms with E-state index in [0.717, 1.165) is 16.5 Å². The van der Waals surface area contributed by atoms with Crippen LogP contribution in [0.2, 0.25) is 0 Å². The molecule has 0 amide bonds. The highest BCUT2D eigenvalue weighted by Crippen LogP contribution is 2.32. The molecule has 0 unspecified atom stereocenters. The SMILES string of the molecule is CCOc1ccc(Nc2nc(-c3ccsc3)nc3ccccc23)cc1S(=O)(=O)N(C)C. The van der Waals surface area contributed by atoms with Gasteiger partial charge in [-0.1, -0.05) is 12.1 Å². The number of aromatic nitrogens is 2. The number of fused-ring (bicyclic) bond motifs is 1. The lowest BCUT2D eigenvalue weighted by molar-refractivity contribution is 0.330. The first-order chi connectivity index (χ1) is 14.9. The standard InChI is InChI=1S/C22H22N4O3S2/c1-4-29-19-10-9-16(13-20(19)31(27,28)26(2)3)23-22-17-7-5-6-8-18(17)24-21(25-22)15-11-12-30-14-15/h5-14H,4H2,1-3H3,(H,23,24,25). The summed E-state index contributed by atoms with van der Waals surface area (Å²) in [6.45, 7) is 2.18. The molecule has 0 spiro atoms. The summed E-state index contributed by atoms with van der Waals surface area (Å²) in [5, 5.41) is 8.09. The van der Waals surface area contributed by atoms with Gasteiger partial charge in [0.15, 0.2) is 5.82 Å². The molecule has 9 heteroatoms. The molecular formula is C22H22N4O3S2. The Morgan fingerprint density at radius 3 is 2.61 bits per heavy atom. The largest absolute Gasteiger partial charge is 0.492 e. The van der Waals surface area contributed by atoms with Crippen molar-refractivity contribution < 1.29 is 13.2 Å². The molecule has 2 aromatic carbocycles. The van der Waals surface area contributed by atoms with E-state index in [4.69, 9.17) is 9.72 Å². The summed E-state index contributed by atoms with van der Waals surface area (Å²) in [6.07, 6.45) is 0. The minimum atomic E-state index is -3.69. The first-order valence-corrected chi connectivity index (χ1v) is 12.0. The molecule has 2 heterocycles. The first kappa shape index (κ1) is 21.2. The molecule has 31 heavy (non-hydrogen) atoms. The van der Waals surface area contributed by atoms with Crippen LogP contribution >= 0.6 is 11.3 Å². The Labute approximate surface area is 185 Å². The van der Waals surface area contributed by atoms with Crippen LogP contribution in [0.25, 0.3) is 22.3 Å². The predicted molar refractivity (Wildman–Crippen MR) is 125 cm³/mol. The van der Waals surface area contributed by atoms with Gasteiger partial charge in [0.05, 0.1) is 12.1 Å². The number of sulfonamides is 1. The van der Waals surface area contributed by atoms with Crippen LogP contribution < -0.4 is 10.1 Å². The van der Waals surface area contributed by atoms with Crippen molar-refractivity contribution in [1.29, 1.82) is 0 Å². The summed E-state index contributed by atoms with van der Waals surface area (Å²) in [4.78, 5) is 9.49. The van der Waals surface area contributed by atoms with Crippen molar-refractivity contribution in [2.24, 2.45) is 0 Å². The summed E-state index contributed by atoms with van der Waals surface area (Å²) in [7, 11) is -0.701. The minimum absolute atomic E-state index is 0.0979. The van der Waals surface area contributed by atoms with E-state index in [9.17, 15) is 8.42 Å². The Morgan fingerprint density at radius 1 is 1.10 bits per heavy atom. The maximum atomic E-state index is 12.8. The molecule has 1 N–H and O–H groups in total. The fraction of sp³-hybridized carbons (Fsp3) is 0.182. The molecule has 0 aliphatic carbocycles. The van der Waals surface area contributed by atoms with Crippen molar-refractivity contribution in [2.45, 2.75) is 11.8 Å². The van der Waals surface area contributed by atoms with Crippen LogP contribution in [0.15, 0.2) is 64.2 Å². The Kier molecular flexibility index (Phi) is 5.90. The number of benzene rings is 2. The highest BCUT2D eigenvalue weighted by atomic mass is 32.2. The van der Waals surface area contributed by atoms with Crippen LogP contribution in [0.4, 0.5) is 11.5 Å². The van der Waals surface area contributed by atoms with Crippen molar-refractivity contribution in [3.8, 4) is 17.1 Å². The van der Waals surface area contributed by atoms with Gasteiger partial charge < -0.3 is 10.1 Å². The van der Waals surface area contributed by atoms with Gasteiger partial charge >= 0.3 is 0 Å². The van der Waals surface area contributed by atoms with E-state index in [-0.39, 0.29) is 4.90 Å². The lowest BCUT2D eigenvalue weighted by Gasteiger charge is -2.17. The zero-order valence-corrected chi connectivity index (χ0v) is 19.0. The van der Waals surface area contributed by atoms with Crippen molar-refractivity contribution in [3.05, 3.63) is 59.3 Å². The third-order valence-electron chi connectivity index (χ3n) is 4.65. The fourth-order valence-electron chi connectivity index (χ4n) is 3.09. The number of thiophene rings is 1. The Morgan fingerprint density at radius 2 is 1.90 bits per heavy atom. The van der Waals surface area contributed by atoms with Crippen LogP contribution in [-0.4, -0.2) is 43.4 Å². The second-order valence-electron chi connectivity index (χ2n) is 6.93. The summed E-state index contributed by atoms with van der Waals surface area (Å²) >= 11 is 1.58. The van der Waals surface area contributed by atoms with Gasteiger partial charge in [0.25, 0.3) is 0 Å². The number of ether oxygens (including phenoxy) is 1. The molecule has 0 fully saturated rings. The zero-order chi connectivity index (χ0) is 22.0. The topological polar surface area (TPSA) is 84.4 Å². The fourth-order valence-corrected chi connectivity index (χ4v) is 4.77. The summed E-state index contributed by atoms with van der Waals surface area (Å²) in [6, 6.07) is 14.7.